The monoisotopic (exact) mass is 341 g/mol. The molecule has 0 bridgehead atoms. The van der Waals surface area contributed by atoms with Crippen LogP contribution in [0.4, 0.5) is 0 Å². The minimum atomic E-state index is -0.339. The summed E-state index contributed by atoms with van der Waals surface area (Å²) in [7, 11) is 1.37. The van der Waals surface area contributed by atoms with Crippen molar-refractivity contribution in [2.24, 2.45) is 5.41 Å². The van der Waals surface area contributed by atoms with E-state index in [0.29, 0.717) is 18.2 Å². The lowest BCUT2D eigenvalue weighted by Gasteiger charge is -2.49. The van der Waals surface area contributed by atoms with Gasteiger partial charge in [-0.1, -0.05) is 35.8 Å². The molecule has 2 N–H and O–H groups in total. The van der Waals surface area contributed by atoms with Gasteiger partial charge in [-0.05, 0) is 24.1 Å². The highest BCUT2D eigenvalue weighted by atomic mass is 79.9. The van der Waals surface area contributed by atoms with E-state index < -0.39 is 0 Å². The van der Waals surface area contributed by atoms with Gasteiger partial charge in [0.2, 0.25) is 0 Å². The van der Waals surface area contributed by atoms with Crippen molar-refractivity contribution >= 4 is 21.9 Å². The number of aliphatic hydroxyl groups excluding tert-OH is 1. The molecule has 0 heterocycles. The van der Waals surface area contributed by atoms with Crippen LogP contribution in [0.15, 0.2) is 22.7 Å². The summed E-state index contributed by atoms with van der Waals surface area (Å²) < 4.78 is 5.57. The Morgan fingerprint density at radius 2 is 2.25 bits per heavy atom. The van der Waals surface area contributed by atoms with Crippen LogP contribution in [0.2, 0.25) is 0 Å². The first-order valence-corrected chi connectivity index (χ1v) is 7.43. The molecule has 1 fully saturated rings. The molecule has 0 radical (unpaired) electrons. The molecule has 1 aliphatic rings. The number of hydrogen-bond donors (Lipinski definition) is 2. The van der Waals surface area contributed by atoms with Crippen LogP contribution < -0.4 is 5.32 Å². The third-order valence-electron chi connectivity index (χ3n) is 4.23. The Balaban J connectivity index is 1.99. The van der Waals surface area contributed by atoms with Gasteiger partial charge in [0.05, 0.1) is 18.8 Å². The Labute approximate surface area is 127 Å². The second-order valence-corrected chi connectivity index (χ2v) is 6.66. The molecule has 0 spiro atoms. The molecule has 0 saturated heterocycles. The Morgan fingerprint density at radius 3 is 2.75 bits per heavy atom. The van der Waals surface area contributed by atoms with Crippen LogP contribution in [0.5, 0.6) is 0 Å². The molecule has 20 heavy (non-hydrogen) atoms. The van der Waals surface area contributed by atoms with Gasteiger partial charge in [0.25, 0.3) is 0 Å². The van der Waals surface area contributed by atoms with E-state index in [9.17, 15) is 9.90 Å². The molecule has 4 nitrogen and oxygen atoms in total. The largest absolute Gasteiger partial charge is 0.465 e. The van der Waals surface area contributed by atoms with Crippen LogP contribution >= 0.6 is 15.9 Å². The van der Waals surface area contributed by atoms with Crippen LogP contribution in [0, 0.1) is 5.41 Å². The van der Waals surface area contributed by atoms with Gasteiger partial charge in [-0.15, -0.1) is 0 Å². The van der Waals surface area contributed by atoms with Crippen molar-refractivity contribution in [1.82, 2.24) is 5.32 Å². The molecular formula is C15H20BrNO3. The van der Waals surface area contributed by atoms with Gasteiger partial charge >= 0.3 is 5.97 Å². The normalized spacial score (nSPS) is 24.1. The van der Waals surface area contributed by atoms with E-state index in [0.717, 1.165) is 16.5 Å². The van der Waals surface area contributed by atoms with Crippen LogP contribution in [-0.2, 0) is 11.3 Å². The number of esters is 1. The smallest absolute Gasteiger partial charge is 0.337 e. The molecule has 0 aromatic heterocycles. The molecule has 1 aromatic carbocycles. The Bertz CT molecular complexity index is 516. The lowest BCUT2D eigenvalue weighted by molar-refractivity contribution is -0.0730. The number of aliphatic hydroxyl groups is 1. The second-order valence-electron chi connectivity index (χ2n) is 5.80. The third kappa shape index (κ3) is 2.90. The first kappa shape index (κ1) is 15.5. The van der Waals surface area contributed by atoms with Crippen LogP contribution in [-0.4, -0.2) is 30.3 Å². The van der Waals surface area contributed by atoms with Gasteiger partial charge in [0, 0.05) is 22.5 Å². The summed E-state index contributed by atoms with van der Waals surface area (Å²) in [5.74, 6) is -0.339. The van der Waals surface area contributed by atoms with Crippen molar-refractivity contribution in [3.05, 3.63) is 33.8 Å². The second kappa shape index (κ2) is 5.84. The molecular weight excluding hydrogens is 322 g/mol. The highest BCUT2D eigenvalue weighted by Crippen LogP contribution is 2.40. The summed E-state index contributed by atoms with van der Waals surface area (Å²) in [5.41, 5.74) is 1.52. The number of rotatable bonds is 4. The van der Waals surface area contributed by atoms with Crippen molar-refractivity contribution < 1.29 is 14.6 Å². The first-order chi connectivity index (χ1) is 9.36. The minimum Gasteiger partial charge on any atom is -0.465 e. The fourth-order valence-corrected chi connectivity index (χ4v) is 2.94. The fraction of sp³-hybridized carbons (Fsp3) is 0.533. The molecule has 2 rings (SSSR count). The molecule has 2 unspecified atom stereocenters. The zero-order valence-electron chi connectivity index (χ0n) is 11.9. The van der Waals surface area contributed by atoms with Crippen LogP contribution in [0.25, 0.3) is 0 Å². The van der Waals surface area contributed by atoms with E-state index >= 15 is 0 Å². The summed E-state index contributed by atoms with van der Waals surface area (Å²) in [6.45, 7) is 4.82. The Hall–Kier alpha value is -0.910. The van der Waals surface area contributed by atoms with E-state index in [4.69, 9.17) is 4.74 Å². The maximum Gasteiger partial charge on any atom is 0.337 e. The summed E-state index contributed by atoms with van der Waals surface area (Å²) in [5, 5.41) is 13.2. The zero-order valence-corrected chi connectivity index (χ0v) is 13.5. The first-order valence-electron chi connectivity index (χ1n) is 6.64. The number of nitrogens with one attached hydrogen (secondary N) is 1. The fourth-order valence-electron chi connectivity index (χ4n) is 2.42. The van der Waals surface area contributed by atoms with E-state index in [2.05, 4.69) is 35.1 Å². The molecule has 110 valence electrons. The maximum atomic E-state index is 11.4. The van der Waals surface area contributed by atoms with Gasteiger partial charge < -0.3 is 15.2 Å². The predicted molar refractivity (Wildman–Crippen MR) is 80.5 cm³/mol. The van der Waals surface area contributed by atoms with E-state index in [1.54, 1.807) is 12.1 Å². The highest BCUT2D eigenvalue weighted by Gasteiger charge is 2.46. The summed E-state index contributed by atoms with van der Waals surface area (Å²) in [6.07, 6.45) is 0.551. The van der Waals surface area contributed by atoms with Gasteiger partial charge in [-0.2, -0.15) is 0 Å². The number of hydrogen-bond acceptors (Lipinski definition) is 4. The van der Waals surface area contributed by atoms with Gasteiger partial charge in [0.15, 0.2) is 0 Å². The van der Waals surface area contributed by atoms with Crippen molar-refractivity contribution in [2.45, 2.75) is 39.0 Å². The average Bonchev–Trinajstić information content (AvgIpc) is 2.43. The Morgan fingerprint density at radius 1 is 1.55 bits per heavy atom. The zero-order chi connectivity index (χ0) is 14.9. The molecule has 1 aliphatic carbocycles. The van der Waals surface area contributed by atoms with Gasteiger partial charge in [0.1, 0.15) is 0 Å². The predicted octanol–water partition coefficient (Wildman–Crippen LogP) is 2.48. The summed E-state index contributed by atoms with van der Waals surface area (Å²) >= 11 is 3.48. The summed E-state index contributed by atoms with van der Waals surface area (Å²) in [4.78, 5) is 11.4. The van der Waals surface area contributed by atoms with E-state index in [1.807, 2.05) is 6.07 Å². The number of halogens is 1. The molecule has 1 saturated carbocycles. The lowest BCUT2D eigenvalue weighted by Crippen LogP contribution is -2.59. The van der Waals surface area contributed by atoms with Gasteiger partial charge in [-0.25, -0.2) is 4.79 Å². The molecule has 0 aliphatic heterocycles. The van der Waals surface area contributed by atoms with Crippen LogP contribution in [0.1, 0.15) is 36.2 Å². The maximum absolute atomic E-state index is 11.4. The standard InChI is InChI=1S/C15H20BrNO3/c1-15(2)12(7-13(15)18)17-8-10-5-4-9(6-11(10)16)14(19)20-3/h4-6,12-13,17-18H,7-8H2,1-3H3. The molecule has 2 atom stereocenters. The number of methoxy groups -OCH3 is 1. The number of carbonyl (C=O) groups excluding carboxylic acids is 1. The lowest BCUT2D eigenvalue weighted by atomic mass is 9.64. The van der Waals surface area contributed by atoms with Crippen molar-refractivity contribution in [3.63, 3.8) is 0 Å². The Kier molecular flexibility index (Phi) is 4.52. The molecule has 5 heteroatoms. The van der Waals surface area contributed by atoms with Crippen molar-refractivity contribution in [2.75, 3.05) is 7.11 Å². The van der Waals surface area contributed by atoms with E-state index in [1.165, 1.54) is 7.11 Å². The third-order valence-corrected chi connectivity index (χ3v) is 4.97. The summed E-state index contributed by atoms with van der Waals surface area (Å²) in [6, 6.07) is 5.74. The van der Waals surface area contributed by atoms with Crippen LogP contribution in [0.3, 0.4) is 0 Å². The number of benzene rings is 1. The number of ether oxygens (including phenoxy) is 1. The van der Waals surface area contributed by atoms with Gasteiger partial charge in [-0.3, -0.25) is 0 Å². The topological polar surface area (TPSA) is 58.6 Å². The highest BCUT2D eigenvalue weighted by molar-refractivity contribution is 9.10. The average molecular weight is 342 g/mol. The van der Waals surface area contributed by atoms with Crippen molar-refractivity contribution in [1.29, 1.82) is 0 Å². The quantitative estimate of drug-likeness (QED) is 0.826. The molecule has 0 amide bonds. The number of carbonyl (C=O) groups is 1. The SMILES string of the molecule is COC(=O)c1ccc(CNC2CC(O)C2(C)C)c(Br)c1. The van der Waals surface area contributed by atoms with E-state index in [-0.39, 0.29) is 17.5 Å². The minimum absolute atomic E-state index is 0.0849. The van der Waals surface area contributed by atoms with Crippen molar-refractivity contribution in [3.8, 4) is 0 Å². The molecule has 1 aromatic rings.